The number of nitrogens with zero attached hydrogens (tertiary/aromatic N) is 1. The van der Waals surface area contributed by atoms with Crippen molar-refractivity contribution < 1.29 is 13.2 Å². The van der Waals surface area contributed by atoms with E-state index < -0.39 is 10.0 Å². The first-order valence-corrected chi connectivity index (χ1v) is 9.81. The molecular formula is C15H14BrClN2O3S. The van der Waals surface area contributed by atoms with Crippen molar-refractivity contribution in [2.45, 2.75) is 12.8 Å². The molecule has 1 aliphatic heterocycles. The number of aromatic nitrogens is 1. The molecule has 5 nitrogen and oxygen atoms in total. The van der Waals surface area contributed by atoms with Gasteiger partial charge in [-0.05, 0) is 45.6 Å². The summed E-state index contributed by atoms with van der Waals surface area (Å²) in [5.41, 5.74) is 2.50. The molecule has 0 saturated heterocycles. The highest BCUT2D eigenvalue weighted by molar-refractivity contribution is 9.10. The third-order valence-electron chi connectivity index (χ3n) is 3.48. The van der Waals surface area contributed by atoms with Gasteiger partial charge in [-0.3, -0.25) is 4.72 Å². The van der Waals surface area contributed by atoms with Gasteiger partial charge in [0.25, 0.3) is 0 Å². The summed E-state index contributed by atoms with van der Waals surface area (Å²) in [7, 11) is -3.46. The molecule has 0 unspecified atom stereocenters. The van der Waals surface area contributed by atoms with E-state index in [4.69, 9.17) is 16.3 Å². The Bertz CT molecular complexity index is 843. The van der Waals surface area contributed by atoms with Crippen molar-refractivity contribution in [3.63, 3.8) is 0 Å². The number of hydrogen-bond donors (Lipinski definition) is 1. The van der Waals surface area contributed by atoms with Gasteiger partial charge in [-0.1, -0.05) is 23.7 Å². The van der Waals surface area contributed by atoms with Gasteiger partial charge in [0.15, 0.2) is 0 Å². The number of hydrogen-bond acceptors (Lipinski definition) is 4. The number of rotatable bonds is 5. The molecule has 0 atom stereocenters. The second kappa shape index (κ2) is 6.67. The highest BCUT2D eigenvalue weighted by Gasteiger charge is 2.15. The quantitative estimate of drug-likeness (QED) is 0.757. The van der Waals surface area contributed by atoms with Crippen molar-refractivity contribution in [2.75, 3.05) is 17.1 Å². The Labute approximate surface area is 148 Å². The largest absolute Gasteiger partial charge is 0.493 e. The summed E-state index contributed by atoms with van der Waals surface area (Å²) in [4.78, 5) is 3.90. The maximum absolute atomic E-state index is 12.2. The summed E-state index contributed by atoms with van der Waals surface area (Å²) in [6.07, 6.45) is 2.70. The molecule has 0 fully saturated rings. The fourth-order valence-electron chi connectivity index (χ4n) is 2.36. The van der Waals surface area contributed by atoms with Gasteiger partial charge in [-0.25, -0.2) is 13.4 Å². The number of ether oxygens (including phenoxy) is 1. The topological polar surface area (TPSA) is 68.3 Å². The predicted octanol–water partition coefficient (Wildman–Crippen LogP) is 3.42. The Morgan fingerprint density at radius 1 is 1.35 bits per heavy atom. The first-order chi connectivity index (χ1) is 10.9. The second-order valence-corrected chi connectivity index (χ2v) is 8.26. The average molecular weight is 418 g/mol. The zero-order chi connectivity index (χ0) is 16.4. The number of pyridine rings is 1. The van der Waals surface area contributed by atoms with Gasteiger partial charge in [0.05, 0.1) is 28.7 Å². The Morgan fingerprint density at radius 2 is 2.17 bits per heavy atom. The van der Waals surface area contributed by atoms with Crippen molar-refractivity contribution in [3.8, 4) is 5.75 Å². The molecule has 122 valence electrons. The van der Waals surface area contributed by atoms with Crippen LogP contribution in [0.15, 0.2) is 34.9 Å². The molecule has 2 aromatic rings. The van der Waals surface area contributed by atoms with Crippen LogP contribution in [0, 0.1) is 0 Å². The van der Waals surface area contributed by atoms with Crippen molar-refractivity contribution in [2.24, 2.45) is 0 Å². The van der Waals surface area contributed by atoms with Gasteiger partial charge >= 0.3 is 0 Å². The van der Waals surface area contributed by atoms with Crippen molar-refractivity contribution >= 4 is 43.2 Å². The van der Waals surface area contributed by atoms with Gasteiger partial charge in [0.1, 0.15) is 10.9 Å². The van der Waals surface area contributed by atoms with Crippen LogP contribution in [0.5, 0.6) is 5.75 Å². The first-order valence-electron chi connectivity index (χ1n) is 6.99. The zero-order valence-electron chi connectivity index (χ0n) is 12.1. The standard InChI is InChI=1S/C15H14BrClN2O3S/c16-13-8-12(9-18-15(13)17)19-23(20,21)6-4-10-1-2-14-11(7-10)3-5-22-14/h1-2,7-9,19H,3-6H2. The van der Waals surface area contributed by atoms with Gasteiger partial charge in [-0.2, -0.15) is 0 Å². The maximum Gasteiger partial charge on any atom is 0.233 e. The molecule has 1 aromatic carbocycles. The number of benzene rings is 1. The number of sulfonamides is 1. The molecule has 23 heavy (non-hydrogen) atoms. The van der Waals surface area contributed by atoms with Crippen LogP contribution >= 0.6 is 27.5 Å². The molecule has 0 radical (unpaired) electrons. The fourth-order valence-corrected chi connectivity index (χ4v) is 3.88. The van der Waals surface area contributed by atoms with Gasteiger partial charge in [0.2, 0.25) is 10.0 Å². The van der Waals surface area contributed by atoms with E-state index in [0.717, 1.165) is 23.3 Å². The second-order valence-electron chi connectivity index (χ2n) is 5.21. The Kier molecular flexibility index (Phi) is 4.79. The smallest absolute Gasteiger partial charge is 0.233 e. The van der Waals surface area contributed by atoms with Crippen LogP contribution in [0.4, 0.5) is 5.69 Å². The molecule has 3 rings (SSSR count). The predicted molar refractivity (Wildman–Crippen MR) is 93.7 cm³/mol. The van der Waals surface area contributed by atoms with Crippen LogP contribution in [0.2, 0.25) is 5.15 Å². The molecular weight excluding hydrogens is 404 g/mol. The van der Waals surface area contributed by atoms with Crippen LogP contribution in [-0.4, -0.2) is 25.8 Å². The number of fused-ring (bicyclic) bond motifs is 1. The molecule has 8 heteroatoms. The average Bonchev–Trinajstić information content (AvgIpc) is 2.96. The van der Waals surface area contributed by atoms with Gasteiger partial charge < -0.3 is 4.74 Å². The maximum atomic E-state index is 12.2. The minimum absolute atomic E-state index is 0.00705. The molecule has 1 aliphatic rings. The lowest BCUT2D eigenvalue weighted by atomic mass is 10.1. The summed E-state index contributed by atoms with van der Waals surface area (Å²) >= 11 is 9.01. The van der Waals surface area contributed by atoms with Crippen molar-refractivity contribution in [3.05, 3.63) is 51.2 Å². The Hall–Kier alpha value is -1.31. The van der Waals surface area contributed by atoms with Crippen molar-refractivity contribution in [1.82, 2.24) is 4.98 Å². The highest BCUT2D eigenvalue weighted by atomic mass is 79.9. The normalized spacial score (nSPS) is 13.5. The molecule has 1 aromatic heterocycles. The van der Waals surface area contributed by atoms with E-state index in [1.165, 1.54) is 6.20 Å². The van der Waals surface area contributed by atoms with Gasteiger partial charge in [-0.15, -0.1) is 0 Å². The van der Waals surface area contributed by atoms with Crippen LogP contribution in [0.1, 0.15) is 11.1 Å². The Balaban J connectivity index is 1.65. The minimum atomic E-state index is -3.46. The van der Waals surface area contributed by atoms with E-state index in [-0.39, 0.29) is 10.9 Å². The van der Waals surface area contributed by atoms with E-state index in [0.29, 0.717) is 23.2 Å². The molecule has 0 aliphatic carbocycles. The molecule has 0 bridgehead atoms. The highest BCUT2D eigenvalue weighted by Crippen LogP contribution is 2.26. The van der Waals surface area contributed by atoms with Gasteiger partial charge in [0, 0.05) is 6.42 Å². The summed E-state index contributed by atoms with van der Waals surface area (Å²) in [6.45, 7) is 0.692. The summed E-state index contributed by atoms with van der Waals surface area (Å²) in [6, 6.07) is 7.40. The first kappa shape index (κ1) is 16.5. The lowest BCUT2D eigenvalue weighted by molar-refractivity contribution is 0.357. The lowest BCUT2D eigenvalue weighted by Crippen LogP contribution is -2.18. The third-order valence-corrected chi connectivity index (χ3v) is 5.91. The Morgan fingerprint density at radius 3 is 2.96 bits per heavy atom. The molecule has 0 saturated carbocycles. The summed E-state index contributed by atoms with van der Waals surface area (Å²) in [5, 5.41) is 0.285. The summed E-state index contributed by atoms with van der Waals surface area (Å²) < 4.78 is 32.9. The number of aryl methyl sites for hydroxylation is 1. The monoisotopic (exact) mass is 416 g/mol. The fraction of sp³-hybridized carbons (Fsp3) is 0.267. The number of nitrogens with one attached hydrogen (secondary N) is 1. The van der Waals surface area contributed by atoms with E-state index in [2.05, 4.69) is 25.6 Å². The molecule has 0 amide bonds. The molecule has 1 N–H and O–H groups in total. The van der Waals surface area contributed by atoms with Crippen LogP contribution in [0.3, 0.4) is 0 Å². The minimum Gasteiger partial charge on any atom is -0.493 e. The van der Waals surface area contributed by atoms with E-state index in [1.807, 2.05) is 18.2 Å². The lowest BCUT2D eigenvalue weighted by Gasteiger charge is -2.09. The number of anilines is 1. The van der Waals surface area contributed by atoms with Crippen LogP contribution in [0.25, 0.3) is 0 Å². The van der Waals surface area contributed by atoms with E-state index >= 15 is 0 Å². The zero-order valence-corrected chi connectivity index (χ0v) is 15.2. The van der Waals surface area contributed by atoms with Crippen LogP contribution < -0.4 is 9.46 Å². The van der Waals surface area contributed by atoms with E-state index in [9.17, 15) is 8.42 Å². The van der Waals surface area contributed by atoms with Crippen molar-refractivity contribution in [1.29, 1.82) is 0 Å². The molecule has 0 spiro atoms. The number of halogens is 2. The van der Waals surface area contributed by atoms with E-state index in [1.54, 1.807) is 6.07 Å². The SMILES string of the molecule is O=S(=O)(CCc1ccc2c(c1)CCO2)Nc1cnc(Cl)c(Br)c1. The third kappa shape index (κ3) is 4.16. The molecule has 2 heterocycles. The van der Waals surface area contributed by atoms with Crippen LogP contribution in [-0.2, 0) is 22.9 Å². The summed E-state index contributed by atoms with van der Waals surface area (Å²) in [5.74, 6) is 0.888.